The number of anilines is 1. The maximum atomic E-state index is 12.2. The maximum Gasteiger partial charge on any atom is 0.261 e. The van der Waals surface area contributed by atoms with Crippen LogP contribution >= 0.6 is 27.5 Å². The molecule has 0 saturated carbocycles. The number of halogens is 2. The highest BCUT2D eigenvalue weighted by Gasteiger charge is 2.14. The first-order valence-corrected chi connectivity index (χ1v) is 6.55. The van der Waals surface area contributed by atoms with Gasteiger partial charge in [-0.25, -0.2) is 4.98 Å². The molecule has 6 heteroatoms. The number of pyridine rings is 1. The van der Waals surface area contributed by atoms with Crippen LogP contribution in [0.2, 0.25) is 5.02 Å². The Morgan fingerprint density at radius 2 is 2.16 bits per heavy atom. The number of aromatic nitrogens is 1. The molecule has 0 aliphatic carbocycles. The molecule has 0 saturated heterocycles. The number of amides is 1. The molecule has 0 fully saturated rings. The molecule has 1 N–H and O–H groups in total. The van der Waals surface area contributed by atoms with Gasteiger partial charge in [0.2, 0.25) is 5.88 Å². The SMILES string of the molecule is COc1ncccc1C(=O)Nc1cccc(Cl)c1Br. The Kier molecular flexibility index (Phi) is 4.39. The number of hydrogen-bond acceptors (Lipinski definition) is 3. The first-order chi connectivity index (χ1) is 9.13. The van der Waals surface area contributed by atoms with Crippen molar-refractivity contribution in [1.82, 2.24) is 4.98 Å². The molecular weight excluding hydrogens is 332 g/mol. The molecule has 0 bridgehead atoms. The van der Waals surface area contributed by atoms with Crippen molar-refractivity contribution in [3.8, 4) is 5.88 Å². The topological polar surface area (TPSA) is 51.2 Å². The second kappa shape index (κ2) is 6.04. The summed E-state index contributed by atoms with van der Waals surface area (Å²) in [4.78, 5) is 16.1. The van der Waals surface area contributed by atoms with E-state index in [0.29, 0.717) is 20.7 Å². The number of rotatable bonds is 3. The molecule has 1 aromatic carbocycles. The number of ether oxygens (including phenoxy) is 1. The second-order valence-corrected chi connectivity index (χ2v) is 4.82. The van der Waals surface area contributed by atoms with Gasteiger partial charge < -0.3 is 10.1 Å². The van der Waals surface area contributed by atoms with Gasteiger partial charge in [-0.05, 0) is 40.2 Å². The van der Waals surface area contributed by atoms with Gasteiger partial charge in [-0.3, -0.25) is 4.79 Å². The third-order valence-electron chi connectivity index (χ3n) is 2.41. The number of hydrogen-bond donors (Lipinski definition) is 1. The van der Waals surface area contributed by atoms with Crippen LogP contribution in [0.4, 0.5) is 5.69 Å². The molecule has 0 unspecified atom stereocenters. The highest BCUT2D eigenvalue weighted by molar-refractivity contribution is 9.10. The van der Waals surface area contributed by atoms with Crippen LogP contribution in [-0.4, -0.2) is 18.0 Å². The number of carbonyl (C=O) groups excluding carboxylic acids is 1. The molecule has 2 aromatic rings. The molecule has 19 heavy (non-hydrogen) atoms. The second-order valence-electron chi connectivity index (χ2n) is 3.62. The van der Waals surface area contributed by atoms with E-state index < -0.39 is 0 Å². The summed E-state index contributed by atoms with van der Waals surface area (Å²) in [6, 6.07) is 8.54. The zero-order valence-electron chi connectivity index (χ0n) is 9.98. The Hall–Kier alpha value is -1.59. The quantitative estimate of drug-likeness (QED) is 0.925. The van der Waals surface area contributed by atoms with Gasteiger partial charge in [0.05, 0.1) is 22.3 Å². The number of nitrogens with zero attached hydrogens (tertiary/aromatic N) is 1. The molecular formula is C13H10BrClN2O2. The van der Waals surface area contributed by atoms with E-state index in [9.17, 15) is 4.79 Å². The van der Waals surface area contributed by atoms with Crippen LogP contribution in [0, 0.1) is 0 Å². The first-order valence-electron chi connectivity index (χ1n) is 5.38. The van der Waals surface area contributed by atoms with Crippen molar-refractivity contribution < 1.29 is 9.53 Å². The van der Waals surface area contributed by atoms with Gasteiger partial charge in [0.25, 0.3) is 5.91 Å². The fraction of sp³-hybridized carbons (Fsp3) is 0.0769. The predicted molar refractivity (Wildman–Crippen MR) is 77.9 cm³/mol. The van der Waals surface area contributed by atoms with Crippen LogP contribution in [0.25, 0.3) is 0 Å². The summed E-state index contributed by atoms with van der Waals surface area (Å²) in [7, 11) is 1.47. The Morgan fingerprint density at radius 1 is 1.37 bits per heavy atom. The average molecular weight is 342 g/mol. The molecule has 0 aliphatic rings. The fourth-order valence-electron chi connectivity index (χ4n) is 1.52. The summed E-state index contributed by atoms with van der Waals surface area (Å²) in [6.07, 6.45) is 1.56. The van der Waals surface area contributed by atoms with E-state index in [1.165, 1.54) is 7.11 Å². The minimum atomic E-state index is -0.312. The van der Waals surface area contributed by atoms with Crippen LogP contribution < -0.4 is 10.1 Å². The highest BCUT2D eigenvalue weighted by atomic mass is 79.9. The average Bonchev–Trinajstić information content (AvgIpc) is 2.43. The largest absolute Gasteiger partial charge is 0.480 e. The minimum Gasteiger partial charge on any atom is -0.480 e. The Balaban J connectivity index is 2.28. The van der Waals surface area contributed by atoms with Crippen LogP contribution in [-0.2, 0) is 0 Å². The van der Waals surface area contributed by atoms with Gasteiger partial charge in [0, 0.05) is 6.20 Å². The number of methoxy groups -OCH3 is 1. The van der Waals surface area contributed by atoms with E-state index in [0.717, 1.165) is 0 Å². The van der Waals surface area contributed by atoms with Crippen LogP contribution in [0.5, 0.6) is 5.88 Å². The highest BCUT2D eigenvalue weighted by Crippen LogP contribution is 2.30. The van der Waals surface area contributed by atoms with E-state index in [2.05, 4.69) is 26.2 Å². The van der Waals surface area contributed by atoms with Gasteiger partial charge in [-0.1, -0.05) is 17.7 Å². The van der Waals surface area contributed by atoms with E-state index in [-0.39, 0.29) is 11.8 Å². The summed E-state index contributed by atoms with van der Waals surface area (Å²) in [5.74, 6) is -0.0360. The van der Waals surface area contributed by atoms with Gasteiger partial charge in [-0.2, -0.15) is 0 Å². The van der Waals surface area contributed by atoms with Crippen LogP contribution in [0.15, 0.2) is 41.0 Å². The number of benzene rings is 1. The van der Waals surface area contributed by atoms with Crippen LogP contribution in [0.1, 0.15) is 10.4 Å². The van der Waals surface area contributed by atoms with Gasteiger partial charge in [0.1, 0.15) is 5.56 Å². The van der Waals surface area contributed by atoms with Crippen molar-refractivity contribution in [2.75, 3.05) is 12.4 Å². The maximum absolute atomic E-state index is 12.2. The van der Waals surface area contributed by atoms with Crippen LogP contribution in [0.3, 0.4) is 0 Å². The van der Waals surface area contributed by atoms with Crippen molar-refractivity contribution in [2.45, 2.75) is 0 Å². The molecule has 98 valence electrons. The van der Waals surface area contributed by atoms with E-state index >= 15 is 0 Å². The van der Waals surface area contributed by atoms with E-state index in [4.69, 9.17) is 16.3 Å². The predicted octanol–water partition coefficient (Wildman–Crippen LogP) is 3.76. The summed E-state index contributed by atoms with van der Waals surface area (Å²) < 4.78 is 5.68. The molecule has 4 nitrogen and oxygen atoms in total. The third kappa shape index (κ3) is 3.05. The van der Waals surface area contributed by atoms with Gasteiger partial charge >= 0.3 is 0 Å². The normalized spacial score (nSPS) is 10.1. The van der Waals surface area contributed by atoms with Gasteiger partial charge in [0.15, 0.2) is 0 Å². The summed E-state index contributed by atoms with van der Waals surface area (Å²) in [6.45, 7) is 0. The van der Waals surface area contributed by atoms with Crippen molar-refractivity contribution in [3.63, 3.8) is 0 Å². The molecule has 1 heterocycles. The number of carbonyl (C=O) groups is 1. The summed E-state index contributed by atoms with van der Waals surface area (Å²) in [5.41, 5.74) is 0.945. The zero-order valence-corrected chi connectivity index (χ0v) is 12.3. The molecule has 1 aromatic heterocycles. The molecule has 1 amide bonds. The Bertz CT molecular complexity index is 619. The lowest BCUT2D eigenvalue weighted by Crippen LogP contribution is -2.14. The Labute approximate surface area is 123 Å². The van der Waals surface area contributed by atoms with E-state index in [1.807, 2.05) is 0 Å². The molecule has 0 atom stereocenters. The van der Waals surface area contributed by atoms with Crippen molar-refractivity contribution in [1.29, 1.82) is 0 Å². The molecule has 0 radical (unpaired) electrons. The summed E-state index contributed by atoms with van der Waals surface area (Å²) >= 11 is 9.29. The standard InChI is InChI=1S/C13H10BrClN2O2/c1-19-13-8(4-3-7-16-13)12(18)17-10-6-2-5-9(15)11(10)14/h2-7H,1H3,(H,17,18). The lowest BCUT2D eigenvalue weighted by molar-refractivity contribution is 0.102. The molecule has 0 spiro atoms. The monoisotopic (exact) mass is 340 g/mol. The van der Waals surface area contributed by atoms with E-state index in [1.54, 1.807) is 36.5 Å². The third-order valence-corrected chi connectivity index (χ3v) is 3.81. The lowest BCUT2D eigenvalue weighted by Gasteiger charge is -2.10. The zero-order chi connectivity index (χ0) is 13.8. The molecule has 0 aliphatic heterocycles. The first kappa shape index (κ1) is 13.8. The summed E-state index contributed by atoms with van der Waals surface area (Å²) in [5, 5.41) is 3.28. The lowest BCUT2D eigenvalue weighted by atomic mass is 10.2. The van der Waals surface area contributed by atoms with Crippen molar-refractivity contribution in [2.24, 2.45) is 0 Å². The van der Waals surface area contributed by atoms with Crippen molar-refractivity contribution >= 4 is 39.1 Å². The molecule has 2 rings (SSSR count). The van der Waals surface area contributed by atoms with Crippen molar-refractivity contribution in [3.05, 3.63) is 51.6 Å². The Morgan fingerprint density at radius 3 is 2.89 bits per heavy atom. The number of nitrogens with one attached hydrogen (secondary N) is 1. The van der Waals surface area contributed by atoms with Gasteiger partial charge in [-0.15, -0.1) is 0 Å². The minimum absolute atomic E-state index is 0.276. The smallest absolute Gasteiger partial charge is 0.261 e. The fourth-order valence-corrected chi connectivity index (χ4v) is 2.05.